The van der Waals surface area contributed by atoms with Crippen LogP contribution in [0.2, 0.25) is 0 Å². The number of fused-ring (bicyclic) bond motifs is 2. The number of nitrogens with zero attached hydrogens (tertiary/aromatic N) is 1. The molecule has 22 heavy (non-hydrogen) atoms. The zero-order valence-electron chi connectivity index (χ0n) is 12.1. The topological polar surface area (TPSA) is 57.6 Å². The maximum Gasteiger partial charge on any atom is 0.223 e. The molecular weight excluding hydrogens is 346 g/mol. The minimum Gasteiger partial charge on any atom is -0.384 e. The maximum atomic E-state index is 12.9. The summed E-state index contributed by atoms with van der Waals surface area (Å²) in [6.07, 6.45) is -0.904. The van der Waals surface area contributed by atoms with E-state index >= 15 is 0 Å². The molecule has 0 aliphatic heterocycles. The lowest BCUT2D eigenvalue weighted by Crippen LogP contribution is -2.28. The fourth-order valence-electron chi connectivity index (χ4n) is 2.77. The highest BCUT2D eigenvalue weighted by molar-refractivity contribution is 9.10. The molecule has 3 rings (SSSR count). The van der Waals surface area contributed by atoms with Crippen LogP contribution in [0.5, 0.6) is 0 Å². The number of hydrogen-bond acceptors (Lipinski definition) is 3. The molecule has 2 aromatic rings. The van der Waals surface area contributed by atoms with Gasteiger partial charge >= 0.3 is 0 Å². The van der Waals surface area contributed by atoms with Gasteiger partial charge in [-0.2, -0.15) is 0 Å². The first-order chi connectivity index (χ1) is 10.4. The lowest BCUT2D eigenvalue weighted by atomic mass is 9.82. The Morgan fingerprint density at radius 3 is 2.59 bits per heavy atom. The molecule has 0 bridgehead atoms. The molecule has 1 aliphatic rings. The first-order valence-electron chi connectivity index (χ1n) is 6.82. The van der Waals surface area contributed by atoms with Gasteiger partial charge in [-0.15, -0.1) is 0 Å². The van der Waals surface area contributed by atoms with E-state index in [1.54, 1.807) is 43.4 Å². The molecule has 1 unspecified atom stereocenters. The summed E-state index contributed by atoms with van der Waals surface area (Å²) in [6.45, 7) is 1.44. The Morgan fingerprint density at radius 2 is 1.91 bits per heavy atom. The van der Waals surface area contributed by atoms with Crippen molar-refractivity contribution in [3.05, 3.63) is 63.1 Å². The van der Waals surface area contributed by atoms with Crippen LogP contribution in [0.1, 0.15) is 40.1 Å². The number of ketones is 1. The number of benzene rings is 2. The summed E-state index contributed by atoms with van der Waals surface area (Å²) in [4.78, 5) is 26.0. The third kappa shape index (κ3) is 2.09. The first kappa shape index (κ1) is 14.9. The summed E-state index contributed by atoms with van der Waals surface area (Å²) < 4.78 is 0.651. The molecule has 0 radical (unpaired) electrons. The number of aliphatic hydroxyl groups is 1. The fraction of sp³-hybridized carbons (Fsp3) is 0.176. The molecule has 0 heterocycles. The van der Waals surface area contributed by atoms with E-state index in [2.05, 4.69) is 15.9 Å². The van der Waals surface area contributed by atoms with Gasteiger partial charge in [0.15, 0.2) is 5.78 Å². The predicted molar refractivity (Wildman–Crippen MR) is 87.2 cm³/mol. The fourth-order valence-corrected chi connectivity index (χ4v) is 3.32. The van der Waals surface area contributed by atoms with Crippen molar-refractivity contribution in [1.82, 2.24) is 0 Å². The van der Waals surface area contributed by atoms with Crippen LogP contribution in [0.3, 0.4) is 0 Å². The number of amides is 1. The second kappa shape index (κ2) is 5.34. The van der Waals surface area contributed by atoms with Crippen molar-refractivity contribution in [1.29, 1.82) is 0 Å². The molecular formula is C17H14BrNO3. The third-order valence-corrected chi connectivity index (χ3v) is 4.70. The van der Waals surface area contributed by atoms with Gasteiger partial charge in [0.25, 0.3) is 0 Å². The second-order valence-electron chi connectivity index (χ2n) is 5.25. The van der Waals surface area contributed by atoms with Crippen LogP contribution in [0.4, 0.5) is 5.69 Å². The molecule has 0 fully saturated rings. The van der Waals surface area contributed by atoms with E-state index in [0.29, 0.717) is 32.4 Å². The van der Waals surface area contributed by atoms with Crippen LogP contribution in [-0.2, 0) is 4.79 Å². The van der Waals surface area contributed by atoms with Crippen molar-refractivity contribution in [2.75, 3.05) is 11.9 Å². The Balaban J connectivity index is 2.32. The SMILES string of the molecule is CC(=O)N(C)c1ccc(Br)c2c1C(=O)c1ccccc1C2O. The summed E-state index contributed by atoms with van der Waals surface area (Å²) in [5.41, 5.74) is 2.44. The summed E-state index contributed by atoms with van der Waals surface area (Å²) in [6, 6.07) is 10.5. The van der Waals surface area contributed by atoms with Gasteiger partial charge in [0, 0.05) is 29.6 Å². The van der Waals surface area contributed by atoms with Gasteiger partial charge < -0.3 is 10.0 Å². The Labute approximate surface area is 136 Å². The van der Waals surface area contributed by atoms with Crippen molar-refractivity contribution < 1.29 is 14.7 Å². The third-order valence-electron chi connectivity index (χ3n) is 4.00. The zero-order chi connectivity index (χ0) is 16.0. The molecule has 5 heteroatoms. The molecule has 112 valence electrons. The van der Waals surface area contributed by atoms with Gasteiger partial charge in [0.1, 0.15) is 6.10 Å². The Bertz CT molecular complexity index is 800. The smallest absolute Gasteiger partial charge is 0.223 e. The molecule has 0 saturated carbocycles. The van der Waals surface area contributed by atoms with Gasteiger partial charge in [-0.25, -0.2) is 0 Å². The maximum absolute atomic E-state index is 12.9. The summed E-state index contributed by atoms with van der Waals surface area (Å²) in [5, 5.41) is 10.7. The van der Waals surface area contributed by atoms with Crippen LogP contribution < -0.4 is 4.90 Å². The number of hydrogen-bond donors (Lipinski definition) is 1. The largest absolute Gasteiger partial charge is 0.384 e. The van der Waals surface area contributed by atoms with Gasteiger partial charge in [-0.3, -0.25) is 9.59 Å². The van der Waals surface area contributed by atoms with Crippen LogP contribution in [-0.4, -0.2) is 23.8 Å². The minimum absolute atomic E-state index is 0.175. The quantitative estimate of drug-likeness (QED) is 0.851. The summed E-state index contributed by atoms with van der Waals surface area (Å²) in [7, 11) is 1.62. The number of anilines is 1. The van der Waals surface area contributed by atoms with Gasteiger partial charge in [-0.05, 0) is 17.7 Å². The first-order valence-corrected chi connectivity index (χ1v) is 7.61. The highest BCUT2D eigenvalue weighted by atomic mass is 79.9. The Kier molecular flexibility index (Phi) is 3.62. The van der Waals surface area contributed by atoms with Crippen molar-refractivity contribution in [2.24, 2.45) is 0 Å². The normalized spacial score (nSPS) is 16.0. The van der Waals surface area contributed by atoms with Crippen molar-refractivity contribution >= 4 is 33.3 Å². The summed E-state index contributed by atoms with van der Waals surface area (Å²) >= 11 is 3.41. The van der Waals surface area contributed by atoms with Gasteiger partial charge in [0.2, 0.25) is 5.91 Å². The van der Waals surface area contributed by atoms with E-state index in [1.807, 2.05) is 0 Å². The molecule has 1 amide bonds. The molecule has 1 aliphatic carbocycles. The number of carbonyl (C=O) groups excluding carboxylic acids is 2. The number of aliphatic hydroxyl groups excluding tert-OH is 1. The average molecular weight is 360 g/mol. The van der Waals surface area contributed by atoms with Crippen molar-refractivity contribution in [2.45, 2.75) is 13.0 Å². The molecule has 0 saturated heterocycles. The molecule has 1 N–H and O–H groups in total. The molecule has 4 nitrogen and oxygen atoms in total. The van der Waals surface area contributed by atoms with E-state index in [4.69, 9.17) is 0 Å². The van der Waals surface area contributed by atoms with E-state index in [1.165, 1.54) is 11.8 Å². The lowest BCUT2D eigenvalue weighted by Gasteiger charge is -2.29. The van der Waals surface area contributed by atoms with E-state index in [-0.39, 0.29) is 11.7 Å². The van der Waals surface area contributed by atoms with Crippen molar-refractivity contribution in [3.8, 4) is 0 Å². The van der Waals surface area contributed by atoms with Crippen LogP contribution in [0, 0.1) is 0 Å². The number of halogens is 1. The molecule has 0 aromatic heterocycles. The van der Waals surface area contributed by atoms with Gasteiger partial charge in [0.05, 0.1) is 11.3 Å². The predicted octanol–water partition coefficient (Wildman–Crippen LogP) is 3.06. The average Bonchev–Trinajstić information content (AvgIpc) is 2.51. The number of rotatable bonds is 1. The summed E-state index contributed by atoms with van der Waals surface area (Å²) in [5.74, 6) is -0.356. The van der Waals surface area contributed by atoms with Crippen LogP contribution in [0.25, 0.3) is 0 Å². The lowest BCUT2D eigenvalue weighted by molar-refractivity contribution is -0.116. The highest BCUT2D eigenvalue weighted by Crippen LogP contribution is 2.42. The monoisotopic (exact) mass is 359 g/mol. The van der Waals surface area contributed by atoms with Crippen molar-refractivity contribution in [3.63, 3.8) is 0 Å². The molecule has 1 atom stereocenters. The number of carbonyl (C=O) groups is 2. The van der Waals surface area contributed by atoms with Crippen LogP contribution >= 0.6 is 15.9 Å². The van der Waals surface area contributed by atoms with Gasteiger partial charge in [-0.1, -0.05) is 40.2 Å². The molecule has 0 spiro atoms. The zero-order valence-corrected chi connectivity index (χ0v) is 13.7. The van der Waals surface area contributed by atoms with E-state index < -0.39 is 6.10 Å². The van der Waals surface area contributed by atoms with E-state index in [9.17, 15) is 14.7 Å². The van der Waals surface area contributed by atoms with Crippen LogP contribution in [0.15, 0.2) is 40.9 Å². The van der Waals surface area contributed by atoms with E-state index in [0.717, 1.165) is 0 Å². The second-order valence-corrected chi connectivity index (χ2v) is 6.11. The Morgan fingerprint density at radius 1 is 1.23 bits per heavy atom. The highest BCUT2D eigenvalue weighted by Gasteiger charge is 2.34. The Hall–Kier alpha value is -1.98. The molecule has 2 aromatic carbocycles. The standard InChI is InChI=1S/C17H14BrNO3/c1-9(20)19(2)13-8-7-12(18)14-15(13)17(22)11-6-4-3-5-10(11)16(14)21/h3-8,16,21H,1-2H3. The minimum atomic E-state index is -0.904.